The summed E-state index contributed by atoms with van der Waals surface area (Å²) in [7, 11) is 1.51. The van der Waals surface area contributed by atoms with Gasteiger partial charge in [-0.2, -0.15) is 0 Å². The summed E-state index contributed by atoms with van der Waals surface area (Å²) in [6.07, 6.45) is 3.30. The molecule has 1 aliphatic carbocycles. The zero-order valence-electron chi connectivity index (χ0n) is 11.6. The predicted octanol–water partition coefficient (Wildman–Crippen LogP) is 2.73. The minimum absolute atomic E-state index is 0.0553. The summed E-state index contributed by atoms with van der Waals surface area (Å²) < 4.78 is 5.62. The molecule has 1 heterocycles. The van der Waals surface area contributed by atoms with Crippen molar-refractivity contribution in [1.82, 2.24) is 4.98 Å². The van der Waals surface area contributed by atoms with Crippen LogP contribution in [0.15, 0.2) is 16.7 Å². The molecule has 0 aliphatic heterocycles. The number of halogens is 1. The lowest BCUT2D eigenvalue weighted by molar-refractivity contribution is -0.144. The van der Waals surface area contributed by atoms with Gasteiger partial charge in [-0.15, -0.1) is 0 Å². The van der Waals surface area contributed by atoms with E-state index in [1.165, 1.54) is 7.11 Å². The van der Waals surface area contributed by atoms with Crippen LogP contribution in [0.2, 0.25) is 0 Å². The molecule has 1 aromatic rings. The van der Waals surface area contributed by atoms with Crippen molar-refractivity contribution in [2.24, 2.45) is 5.92 Å². The van der Waals surface area contributed by atoms with Crippen molar-refractivity contribution in [2.45, 2.75) is 38.2 Å². The molecule has 110 valence electrons. The van der Waals surface area contributed by atoms with E-state index in [-0.39, 0.29) is 11.8 Å². The second-order valence-corrected chi connectivity index (χ2v) is 5.89. The van der Waals surface area contributed by atoms with Gasteiger partial charge >= 0.3 is 0 Å². The van der Waals surface area contributed by atoms with E-state index in [1.807, 2.05) is 6.92 Å². The Hall–Kier alpha value is -1.14. The average Bonchev–Trinajstić information content (AvgIpc) is 2.35. The summed E-state index contributed by atoms with van der Waals surface area (Å²) >= 11 is 3.26. The first-order valence-electron chi connectivity index (χ1n) is 6.75. The molecule has 6 heteroatoms. The first kappa shape index (κ1) is 15.3. The number of nitrogens with zero attached hydrogens (tertiary/aromatic N) is 1. The molecule has 1 amide bonds. The van der Waals surface area contributed by atoms with Gasteiger partial charge in [0.1, 0.15) is 10.2 Å². The molecule has 1 aromatic heterocycles. The number of rotatable bonds is 5. The number of aromatic nitrogens is 1. The van der Waals surface area contributed by atoms with Crippen LogP contribution in [0.3, 0.4) is 0 Å². The van der Waals surface area contributed by atoms with E-state index in [0.29, 0.717) is 22.6 Å². The molecule has 1 saturated carbocycles. The summed E-state index contributed by atoms with van der Waals surface area (Å²) in [5.41, 5.74) is -0.735. The van der Waals surface area contributed by atoms with Crippen LogP contribution in [0, 0.1) is 5.92 Å². The van der Waals surface area contributed by atoms with Crippen molar-refractivity contribution in [2.75, 3.05) is 12.4 Å². The highest BCUT2D eigenvalue weighted by molar-refractivity contribution is 9.10. The number of pyridine rings is 1. The maximum atomic E-state index is 12.4. The Morgan fingerprint density at radius 1 is 1.60 bits per heavy atom. The van der Waals surface area contributed by atoms with Crippen molar-refractivity contribution < 1.29 is 14.6 Å². The lowest BCUT2D eigenvalue weighted by Gasteiger charge is -2.39. The number of hydrogen-bond acceptors (Lipinski definition) is 4. The van der Waals surface area contributed by atoms with Crippen molar-refractivity contribution in [3.8, 4) is 5.88 Å². The summed E-state index contributed by atoms with van der Waals surface area (Å²) in [6.45, 7) is 1.83. The fourth-order valence-corrected chi connectivity index (χ4v) is 2.83. The van der Waals surface area contributed by atoms with Crippen LogP contribution in [-0.4, -0.2) is 28.7 Å². The summed E-state index contributed by atoms with van der Waals surface area (Å²) in [5, 5.41) is 13.4. The average molecular weight is 343 g/mol. The van der Waals surface area contributed by atoms with Gasteiger partial charge in [0.05, 0.1) is 7.11 Å². The Bertz CT molecular complexity index is 505. The first-order valence-corrected chi connectivity index (χ1v) is 7.54. The number of amides is 1. The van der Waals surface area contributed by atoms with Gasteiger partial charge in [-0.05, 0) is 47.2 Å². The van der Waals surface area contributed by atoms with E-state index in [9.17, 15) is 9.90 Å². The van der Waals surface area contributed by atoms with Gasteiger partial charge in [-0.25, -0.2) is 4.98 Å². The third-order valence-electron chi connectivity index (χ3n) is 3.95. The van der Waals surface area contributed by atoms with Gasteiger partial charge in [-0.3, -0.25) is 4.79 Å². The Kier molecular flexibility index (Phi) is 4.65. The van der Waals surface area contributed by atoms with E-state index < -0.39 is 5.60 Å². The molecule has 5 nitrogen and oxygen atoms in total. The lowest BCUT2D eigenvalue weighted by atomic mass is 9.71. The quantitative estimate of drug-likeness (QED) is 0.807. The normalized spacial score (nSPS) is 18.0. The molecule has 20 heavy (non-hydrogen) atoms. The second kappa shape index (κ2) is 6.10. The molecule has 0 bridgehead atoms. The second-order valence-electron chi connectivity index (χ2n) is 5.08. The molecule has 2 N–H and O–H groups in total. The molecule has 1 atom stereocenters. The van der Waals surface area contributed by atoms with Crippen molar-refractivity contribution in [3.05, 3.63) is 16.7 Å². The summed E-state index contributed by atoms with van der Waals surface area (Å²) in [5.74, 6) is 0.0999. The number of carbonyl (C=O) groups excluding carboxylic acids is 1. The molecule has 0 saturated heterocycles. The first-order chi connectivity index (χ1) is 9.49. The highest BCUT2D eigenvalue weighted by atomic mass is 79.9. The number of carbonyl (C=O) groups is 1. The largest absolute Gasteiger partial charge is 0.481 e. The van der Waals surface area contributed by atoms with E-state index in [0.717, 1.165) is 19.3 Å². The third-order valence-corrected chi connectivity index (χ3v) is 4.36. The SMILES string of the molecule is CCC(O)(C(=O)Nc1cc(Br)nc(OC)c1)C1CCC1. The number of nitrogens with one attached hydrogen (secondary N) is 1. The van der Waals surface area contributed by atoms with Crippen molar-refractivity contribution >= 4 is 27.5 Å². The van der Waals surface area contributed by atoms with Crippen molar-refractivity contribution in [1.29, 1.82) is 0 Å². The zero-order valence-corrected chi connectivity index (χ0v) is 13.2. The molecule has 1 fully saturated rings. The van der Waals surface area contributed by atoms with Gasteiger partial charge in [0.2, 0.25) is 5.88 Å². The minimum Gasteiger partial charge on any atom is -0.481 e. The van der Waals surface area contributed by atoms with Crippen LogP contribution in [0.5, 0.6) is 5.88 Å². The Morgan fingerprint density at radius 2 is 2.30 bits per heavy atom. The van der Waals surface area contributed by atoms with Crippen LogP contribution < -0.4 is 10.1 Å². The number of ether oxygens (including phenoxy) is 1. The van der Waals surface area contributed by atoms with E-state index in [1.54, 1.807) is 12.1 Å². The van der Waals surface area contributed by atoms with Crippen LogP contribution in [-0.2, 0) is 4.79 Å². The Morgan fingerprint density at radius 3 is 2.80 bits per heavy atom. The zero-order chi connectivity index (χ0) is 14.8. The maximum absolute atomic E-state index is 12.4. The highest BCUT2D eigenvalue weighted by Crippen LogP contribution is 2.39. The predicted molar refractivity (Wildman–Crippen MR) is 79.7 cm³/mol. The highest BCUT2D eigenvalue weighted by Gasteiger charge is 2.44. The Labute approximate surface area is 126 Å². The van der Waals surface area contributed by atoms with E-state index in [2.05, 4.69) is 26.2 Å². The van der Waals surface area contributed by atoms with Gasteiger partial charge in [0.25, 0.3) is 5.91 Å². The van der Waals surface area contributed by atoms with Gasteiger partial charge in [0.15, 0.2) is 0 Å². The molecule has 0 spiro atoms. The minimum atomic E-state index is -1.29. The molecule has 2 rings (SSSR count). The lowest BCUT2D eigenvalue weighted by Crippen LogP contribution is -2.51. The standard InChI is InChI=1S/C14H19BrN2O3/c1-3-14(19,9-5-4-6-9)13(18)16-10-7-11(15)17-12(8-10)20-2/h7-9,19H,3-6H2,1-2H3,(H,16,17,18). The molecule has 0 radical (unpaired) electrons. The summed E-state index contributed by atoms with van der Waals surface area (Å²) in [6, 6.07) is 3.30. The smallest absolute Gasteiger partial charge is 0.256 e. The fraction of sp³-hybridized carbons (Fsp3) is 0.571. The molecule has 1 unspecified atom stereocenters. The Balaban J connectivity index is 2.15. The van der Waals surface area contributed by atoms with Gasteiger partial charge in [-0.1, -0.05) is 13.3 Å². The molecular weight excluding hydrogens is 324 g/mol. The van der Waals surface area contributed by atoms with Gasteiger partial charge < -0.3 is 15.2 Å². The van der Waals surface area contributed by atoms with Crippen LogP contribution >= 0.6 is 15.9 Å². The number of hydrogen-bond donors (Lipinski definition) is 2. The summed E-state index contributed by atoms with van der Waals surface area (Å²) in [4.78, 5) is 16.5. The molecular formula is C14H19BrN2O3. The van der Waals surface area contributed by atoms with Crippen LogP contribution in [0.4, 0.5) is 5.69 Å². The van der Waals surface area contributed by atoms with Crippen LogP contribution in [0.1, 0.15) is 32.6 Å². The number of anilines is 1. The number of methoxy groups -OCH3 is 1. The molecule has 0 aromatic carbocycles. The maximum Gasteiger partial charge on any atom is 0.256 e. The van der Waals surface area contributed by atoms with E-state index in [4.69, 9.17) is 4.74 Å². The van der Waals surface area contributed by atoms with Gasteiger partial charge in [0, 0.05) is 11.8 Å². The fourth-order valence-electron chi connectivity index (χ4n) is 2.41. The number of aliphatic hydroxyl groups is 1. The third kappa shape index (κ3) is 2.96. The monoisotopic (exact) mass is 342 g/mol. The van der Waals surface area contributed by atoms with Crippen LogP contribution in [0.25, 0.3) is 0 Å². The van der Waals surface area contributed by atoms with Crippen molar-refractivity contribution in [3.63, 3.8) is 0 Å². The van der Waals surface area contributed by atoms with E-state index >= 15 is 0 Å². The molecule has 1 aliphatic rings. The topological polar surface area (TPSA) is 71.5 Å².